The Morgan fingerprint density at radius 3 is 2.47 bits per heavy atom. The van der Waals surface area contributed by atoms with Crippen LogP contribution < -0.4 is 5.32 Å². The molecule has 1 saturated heterocycles. The number of nitrogens with zero attached hydrogens (tertiary/aromatic N) is 4. The van der Waals surface area contributed by atoms with Crippen LogP contribution in [-0.4, -0.2) is 44.6 Å². The largest absolute Gasteiger partial charge is 0.342 e. The minimum atomic E-state index is -0.0978. The number of halogens is 1. The van der Waals surface area contributed by atoms with Gasteiger partial charge in [-0.2, -0.15) is 5.10 Å². The molecule has 0 spiro atoms. The van der Waals surface area contributed by atoms with E-state index >= 15 is 0 Å². The van der Waals surface area contributed by atoms with Crippen molar-refractivity contribution < 1.29 is 9.59 Å². The Bertz CT molecular complexity index is 1130. The number of piperidine rings is 1. The van der Waals surface area contributed by atoms with Gasteiger partial charge in [-0.15, -0.1) is 11.3 Å². The maximum absolute atomic E-state index is 13.0. The summed E-state index contributed by atoms with van der Waals surface area (Å²) in [5.74, 6) is -0.0389. The molecule has 2 amide bonds. The third-order valence-electron chi connectivity index (χ3n) is 5.91. The van der Waals surface area contributed by atoms with Gasteiger partial charge in [0, 0.05) is 40.7 Å². The number of likely N-dealkylation sites (tertiary alicyclic amines) is 1. The minimum absolute atomic E-state index is 0.0117. The number of thiazole rings is 1. The molecule has 1 N–H and O–H groups in total. The Labute approximate surface area is 196 Å². The number of nitrogens with one attached hydrogen (secondary N) is 1. The topological polar surface area (TPSA) is 80.1 Å². The first-order chi connectivity index (χ1) is 15.3. The number of hydrogen-bond acceptors (Lipinski definition) is 5. The molecule has 0 radical (unpaired) electrons. The van der Waals surface area contributed by atoms with Crippen molar-refractivity contribution in [2.45, 2.75) is 40.0 Å². The van der Waals surface area contributed by atoms with Gasteiger partial charge in [0.1, 0.15) is 0 Å². The molecular formula is C23H26ClN5O2S. The van der Waals surface area contributed by atoms with Crippen LogP contribution in [0.15, 0.2) is 29.6 Å². The number of hydrogen-bond donors (Lipinski definition) is 1. The highest BCUT2D eigenvalue weighted by atomic mass is 35.5. The first kappa shape index (κ1) is 22.5. The molecule has 4 rings (SSSR count). The van der Waals surface area contributed by atoms with Crippen LogP contribution in [0.4, 0.5) is 5.13 Å². The number of benzene rings is 1. The fourth-order valence-corrected chi connectivity index (χ4v) is 4.85. The third kappa shape index (κ3) is 4.86. The van der Waals surface area contributed by atoms with Gasteiger partial charge in [-0.1, -0.05) is 11.6 Å². The second-order valence-electron chi connectivity index (χ2n) is 8.15. The zero-order chi connectivity index (χ0) is 22.8. The Hall–Kier alpha value is -2.71. The number of amides is 2. The summed E-state index contributed by atoms with van der Waals surface area (Å²) in [6.07, 6.45) is 1.62. The molecule has 7 nitrogen and oxygen atoms in total. The van der Waals surface area contributed by atoms with E-state index in [0.717, 1.165) is 28.3 Å². The highest BCUT2D eigenvalue weighted by Gasteiger charge is 2.28. The lowest BCUT2D eigenvalue weighted by atomic mass is 9.95. The van der Waals surface area contributed by atoms with Crippen molar-refractivity contribution >= 4 is 39.9 Å². The van der Waals surface area contributed by atoms with Gasteiger partial charge >= 0.3 is 0 Å². The Kier molecular flexibility index (Phi) is 6.62. The van der Waals surface area contributed by atoms with Crippen LogP contribution in [0.25, 0.3) is 5.69 Å². The minimum Gasteiger partial charge on any atom is -0.342 e. The molecule has 168 valence electrons. The van der Waals surface area contributed by atoms with Gasteiger partial charge in [0.25, 0.3) is 0 Å². The Balaban J connectivity index is 1.36. The van der Waals surface area contributed by atoms with Crippen LogP contribution in [-0.2, 0) is 16.0 Å². The summed E-state index contributed by atoms with van der Waals surface area (Å²) in [5, 5.41) is 10.7. The number of aryl methyl sites for hydroxylation is 2. The van der Waals surface area contributed by atoms with Gasteiger partial charge in [0.15, 0.2) is 5.13 Å². The lowest BCUT2D eigenvalue weighted by Crippen LogP contribution is -2.42. The molecule has 9 heteroatoms. The fourth-order valence-electron chi connectivity index (χ4n) is 4.04. The number of anilines is 1. The predicted octanol–water partition coefficient (Wildman–Crippen LogP) is 4.33. The highest BCUT2D eigenvalue weighted by molar-refractivity contribution is 7.13. The molecule has 32 heavy (non-hydrogen) atoms. The van der Waals surface area contributed by atoms with Gasteiger partial charge in [0.2, 0.25) is 11.8 Å². The van der Waals surface area contributed by atoms with E-state index < -0.39 is 0 Å². The van der Waals surface area contributed by atoms with Crippen molar-refractivity contribution in [1.29, 1.82) is 0 Å². The zero-order valence-electron chi connectivity index (χ0n) is 18.4. The van der Waals surface area contributed by atoms with E-state index in [1.807, 2.05) is 60.0 Å². The molecule has 0 aliphatic carbocycles. The molecule has 3 aromatic rings. The smallest absolute Gasteiger partial charge is 0.229 e. The van der Waals surface area contributed by atoms with E-state index in [4.69, 9.17) is 11.6 Å². The summed E-state index contributed by atoms with van der Waals surface area (Å²) in [7, 11) is 0. The van der Waals surface area contributed by atoms with E-state index in [2.05, 4.69) is 15.4 Å². The van der Waals surface area contributed by atoms with Crippen molar-refractivity contribution in [1.82, 2.24) is 19.7 Å². The van der Waals surface area contributed by atoms with Crippen molar-refractivity contribution in [2.75, 3.05) is 18.4 Å². The molecule has 1 aliphatic heterocycles. The summed E-state index contributed by atoms with van der Waals surface area (Å²) in [6, 6.07) is 7.48. The predicted molar refractivity (Wildman–Crippen MR) is 127 cm³/mol. The number of aromatic nitrogens is 3. The molecule has 1 aliphatic rings. The monoisotopic (exact) mass is 471 g/mol. The van der Waals surface area contributed by atoms with E-state index in [-0.39, 0.29) is 17.7 Å². The first-order valence-electron chi connectivity index (χ1n) is 10.6. The molecule has 0 saturated carbocycles. The van der Waals surface area contributed by atoms with Gasteiger partial charge < -0.3 is 10.2 Å². The average Bonchev–Trinajstić information content (AvgIpc) is 3.31. The molecule has 0 atom stereocenters. The molecule has 0 bridgehead atoms. The Morgan fingerprint density at radius 2 is 1.84 bits per heavy atom. The first-order valence-corrected chi connectivity index (χ1v) is 11.9. The van der Waals surface area contributed by atoms with Gasteiger partial charge in [-0.05, 0) is 57.9 Å². The van der Waals surface area contributed by atoms with Crippen LogP contribution in [0, 0.1) is 26.7 Å². The number of rotatable bonds is 5. The van der Waals surface area contributed by atoms with Crippen LogP contribution >= 0.6 is 22.9 Å². The van der Waals surface area contributed by atoms with Crippen LogP contribution in [0.1, 0.15) is 35.5 Å². The van der Waals surface area contributed by atoms with Crippen molar-refractivity contribution in [3.63, 3.8) is 0 Å². The lowest BCUT2D eigenvalue weighted by Gasteiger charge is -2.31. The Morgan fingerprint density at radius 1 is 1.16 bits per heavy atom. The molecule has 2 aromatic heterocycles. The van der Waals surface area contributed by atoms with Crippen molar-refractivity contribution in [3.8, 4) is 5.69 Å². The van der Waals surface area contributed by atoms with Crippen LogP contribution in [0.5, 0.6) is 0 Å². The van der Waals surface area contributed by atoms with E-state index in [9.17, 15) is 9.59 Å². The second-order valence-corrected chi connectivity index (χ2v) is 9.45. The molecule has 0 unspecified atom stereocenters. The molecule has 1 aromatic carbocycles. The SMILES string of the molecule is Cc1csc(NC(=O)C2CCN(C(=O)Cc3c(C)nn(-c4ccc(Cl)cc4)c3C)CC2)n1. The van der Waals surface area contributed by atoms with E-state index in [0.29, 0.717) is 42.5 Å². The second kappa shape index (κ2) is 9.42. The van der Waals surface area contributed by atoms with Crippen LogP contribution in [0.2, 0.25) is 5.02 Å². The van der Waals surface area contributed by atoms with Crippen LogP contribution in [0.3, 0.4) is 0 Å². The number of carbonyl (C=O) groups excluding carboxylic acids is 2. The van der Waals surface area contributed by atoms with Crippen molar-refractivity contribution in [3.05, 3.63) is 57.3 Å². The standard InChI is InChI=1S/C23H26ClN5O2S/c1-14-13-32-23(25-14)26-22(31)17-8-10-28(11-9-17)21(30)12-20-15(2)27-29(16(20)3)19-6-4-18(24)5-7-19/h4-7,13,17H,8-12H2,1-3H3,(H,25,26,31). The lowest BCUT2D eigenvalue weighted by molar-refractivity contribution is -0.133. The highest BCUT2D eigenvalue weighted by Crippen LogP contribution is 2.24. The van der Waals surface area contributed by atoms with Gasteiger partial charge in [-0.25, -0.2) is 9.67 Å². The molecular weight excluding hydrogens is 446 g/mol. The molecule has 3 heterocycles. The maximum Gasteiger partial charge on any atom is 0.229 e. The zero-order valence-corrected chi connectivity index (χ0v) is 20.0. The normalized spacial score (nSPS) is 14.6. The average molecular weight is 472 g/mol. The summed E-state index contributed by atoms with van der Waals surface area (Å²) in [5.41, 5.74) is 4.56. The molecule has 1 fully saturated rings. The van der Waals surface area contributed by atoms with Gasteiger partial charge in [-0.3, -0.25) is 9.59 Å². The van der Waals surface area contributed by atoms with Gasteiger partial charge in [0.05, 0.1) is 23.5 Å². The maximum atomic E-state index is 13.0. The fraction of sp³-hybridized carbons (Fsp3) is 0.391. The van der Waals surface area contributed by atoms with E-state index in [1.165, 1.54) is 11.3 Å². The van der Waals surface area contributed by atoms with Crippen molar-refractivity contribution in [2.24, 2.45) is 5.92 Å². The summed E-state index contributed by atoms with van der Waals surface area (Å²) < 4.78 is 1.85. The summed E-state index contributed by atoms with van der Waals surface area (Å²) in [6.45, 7) is 6.97. The summed E-state index contributed by atoms with van der Waals surface area (Å²) in [4.78, 5) is 31.7. The number of carbonyl (C=O) groups is 2. The summed E-state index contributed by atoms with van der Waals surface area (Å²) >= 11 is 7.42. The van der Waals surface area contributed by atoms with E-state index in [1.54, 1.807) is 0 Å². The third-order valence-corrected chi connectivity index (χ3v) is 7.04. The quantitative estimate of drug-likeness (QED) is 0.600.